The maximum absolute atomic E-state index is 3.89. The Labute approximate surface area is 103 Å². The molecule has 0 aromatic carbocycles. The number of nitrogens with one attached hydrogen (secondary N) is 1. The van der Waals surface area contributed by atoms with E-state index in [1.165, 1.54) is 57.8 Å². The molecular formula is C15H31N. The summed E-state index contributed by atoms with van der Waals surface area (Å²) >= 11 is 0. The third kappa shape index (κ3) is 10.2. The smallest absolute Gasteiger partial charge is 0.0247 e. The van der Waals surface area contributed by atoms with Gasteiger partial charge in [-0.05, 0) is 19.4 Å². The molecule has 0 rings (SSSR count). The van der Waals surface area contributed by atoms with Crippen LogP contribution in [0.2, 0.25) is 0 Å². The molecule has 1 unspecified atom stereocenters. The second kappa shape index (κ2) is 12.8. The van der Waals surface area contributed by atoms with Crippen molar-refractivity contribution >= 4 is 0 Å². The van der Waals surface area contributed by atoms with E-state index in [-0.39, 0.29) is 0 Å². The molecular weight excluding hydrogens is 194 g/mol. The fourth-order valence-corrected chi connectivity index (χ4v) is 1.95. The minimum absolute atomic E-state index is 0.538. The molecule has 1 nitrogen and oxygen atoms in total. The maximum atomic E-state index is 3.89. The molecule has 16 heavy (non-hydrogen) atoms. The molecule has 0 aromatic rings. The first-order valence-electron chi connectivity index (χ1n) is 7.21. The zero-order valence-electron chi connectivity index (χ0n) is 11.4. The van der Waals surface area contributed by atoms with E-state index >= 15 is 0 Å². The molecule has 0 aliphatic rings. The highest BCUT2D eigenvalue weighted by Gasteiger charge is 2.01. The number of hydrogen-bond acceptors (Lipinski definition) is 1. The highest BCUT2D eigenvalue weighted by molar-refractivity contribution is 4.84. The lowest BCUT2D eigenvalue weighted by Crippen LogP contribution is -2.27. The molecule has 0 bridgehead atoms. The monoisotopic (exact) mass is 225 g/mol. The van der Waals surface area contributed by atoms with E-state index in [4.69, 9.17) is 0 Å². The van der Waals surface area contributed by atoms with Gasteiger partial charge in [0.1, 0.15) is 0 Å². The predicted octanol–water partition coefficient (Wildman–Crippen LogP) is 4.68. The Morgan fingerprint density at radius 3 is 2.12 bits per heavy atom. The summed E-state index contributed by atoms with van der Waals surface area (Å²) in [7, 11) is 0. The van der Waals surface area contributed by atoms with Crippen molar-refractivity contribution in [3.05, 3.63) is 12.7 Å². The number of rotatable bonds is 12. The molecule has 0 amide bonds. The van der Waals surface area contributed by atoms with Crippen LogP contribution in [-0.4, -0.2) is 12.6 Å². The Kier molecular flexibility index (Phi) is 12.5. The van der Waals surface area contributed by atoms with Crippen LogP contribution in [-0.2, 0) is 0 Å². The van der Waals surface area contributed by atoms with Crippen molar-refractivity contribution in [2.45, 2.75) is 77.7 Å². The van der Waals surface area contributed by atoms with Crippen molar-refractivity contribution in [2.75, 3.05) is 6.54 Å². The summed E-state index contributed by atoms with van der Waals surface area (Å²) in [5, 5.41) is 3.51. The average molecular weight is 225 g/mol. The van der Waals surface area contributed by atoms with Gasteiger partial charge in [-0.15, -0.1) is 6.58 Å². The quantitative estimate of drug-likeness (QED) is 0.375. The van der Waals surface area contributed by atoms with Crippen LogP contribution in [0.1, 0.15) is 71.6 Å². The van der Waals surface area contributed by atoms with E-state index < -0.39 is 0 Å². The van der Waals surface area contributed by atoms with Crippen LogP contribution in [0.15, 0.2) is 12.7 Å². The zero-order chi connectivity index (χ0) is 12.1. The third-order valence-corrected chi connectivity index (χ3v) is 3.06. The Hall–Kier alpha value is -0.300. The molecule has 0 aliphatic carbocycles. The lowest BCUT2D eigenvalue weighted by Gasteiger charge is -2.13. The van der Waals surface area contributed by atoms with Crippen molar-refractivity contribution in [3.63, 3.8) is 0 Å². The molecule has 0 heterocycles. The third-order valence-electron chi connectivity index (χ3n) is 3.06. The minimum atomic E-state index is 0.538. The van der Waals surface area contributed by atoms with E-state index in [9.17, 15) is 0 Å². The first-order chi connectivity index (χ1) is 7.85. The maximum Gasteiger partial charge on any atom is 0.0247 e. The van der Waals surface area contributed by atoms with E-state index in [0.717, 1.165) is 6.54 Å². The van der Waals surface area contributed by atoms with Crippen molar-refractivity contribution < 1.29 is 0 Å². The Bertz CT molecular complexity index is 142. The van der Waals surface area contributed by atoms with Gasteiger partial charge in [0.2, 0.25) is 0 Å². The SMILES string of the molecule is C=CC(CCCCCCCCC)NCCC. The number of hydrogen-bond donors (Lipinski definition) is 1. The topological polar surface area (TPSA) is 12.0 Å². The summed E-state index contributed by atoms with van der Waals surface area (Å²) in [6.45, 7) is 9.49. The second-order valence-corrected chi connectivity index (χ2v) is 4.71. The fourth-order valence-electron chi connectivity index (χ4n) is 1.95. The van der Waals surface area contributed by atoms with Gasteiger partial charge in [0.05, 0.1) is 0 Å². The molecule has 0 fully saturated rings. The number of unbranched alkanes of at least 4 members (excludes halogenated alkanes) is 6. The molecule has 0 aromatic heterocycles. The van der Waals surface area contributed by atoms with Crippen LogP contribution in [0.25, 0.3) is 0 Å². The van der Waals surface area contributed by atoms with Gasteiger partial charge in [0, 0.05) is 6.04 Å². The van der Waals surface area contributed by atoms with Crippen molar-refractivity contribution in [1.82, 2.24) is 5.32 Å². The summed E-state index contributed by atoms with van der Waals surface area (Å²) in [5.74, 6) is 0. The van der Waals surface area contributed by atoms with Gasteiger partial charge >= 0.3 is 0 Å². The average Bonchev–Trinajstić information content (AvgIpc) is 2.32. The first kappa shape index (κ1) is 15.7. The molecule has 1 atom stereocenters. The van der Waals surface area contributed by atoms with Crippen LogP contribution in [0, 0.1) is 0 Å². The molecule has 0 aliphatic heterocycles. The van der Waals surface area contributed by atoms with Crippen LogP contribution in [0.4, 0.5) is 0 Å². The summed E-state index contributed by atoms with van der Waals surface area (Å²) in [6.07, 6.45) is 14.3. The standard InChI is InChI=1S/C15H31N/c1-4-7-8-9-10-11-12-13-15(6-3)16-14-5-2/h6,15-16H,3-5,7-14H2,1-2H3. The summed E-state index contributed by atoms with van der Waals surface area (Å²) in [6, 6.07) is 0.538. The van der Waals surface area contributed by atoms with Crippen molar-refractivity contribution in [1.29, 1.82) is 0 Å². The van der Waals surface area contributed by atoms with Crippen LogP contribution < -0.4 is 5.32 Å². The molecule has 0 saturated carbocycles. The van der Waals surface area contributed by atoms with Gasteiger partial charge in [-0.1, -0.05) is 64.9 Å². The van der Waals surface area contributed by atoms with Crippen molar-refractivity contribution in [2.24, 2.45) is 0 Å². The molecule has 1 N–H and O–H groups in total. The summed E-state index contributed by atoms with van der Waals surface area (Å²) in [4.78, 5) is 0. The first-order valence-corrected chi connectivity index (χ1v) is 7.21. The van der Waals surface area contributed by atoms with Crippen LogP contribution in [0.5, 0.6) is 0 Å². The molecule has 96 valence electrons. The lowest BCUT2D eigenvalue weighted by molar-refractivity contribution is 0.506. The van der Waals surface area contributed by atoms with E-state index in [0.29, 0.717) is 6.04 Å². The largest absolute Gasteiger partial charge is 0.311 e. The summed E-state index contributed by atoms with van der Waals surface area (Å²) < 4.78 is 0. The van der Waals surface area contributed by atoms with Gasteiger partial charge in [0.15, 0.2) is 0 Å². The Morgan fingerprint density at radius 1 is 0.938 bits per heavy atom. The highest BCUT2D eigenvalue weighted by Crippen LogP contribution is 2.10. The summed E-state index contributed by atoms with van der Waals surface area (Å²) in [5.41, 5.74) is 0. The molecule has 0 radical (unpaired) electrons. The molecule has 0 saturated heterocycles. The Balaban J connectivity index is 3.24. The van der Waals surface area contributed by atoms with Gasteiger partial charge < -0.3 is 5.32 Å². The van der Waals surface area contributed by atoms with E-state index in [1.807, 2.05) is 0 Å². The lowest BCUT2D eigenvalue weighted by atomic mass is 10.1. The highest BCUT2D eigenvalue weighted by atomic mass is 14.9. The van der Waals surface area contributed by atoms with Crippen LogP contribution >= 0.6 is 0 Å². The van der Waals surface area contributed by atoms with Gasteiger partial charge in [0.25, 0.3) is 0 Å². The molecule has 0 spiro atoms. The zero-order valence-corrected chi connectivity index (χ0v) is 11.4. The fraction of sp³-hybridized carbons (Fsp3) is 0.867. The minimum Gasteiger partial charge on any atom is -0.311 e. The van der Waals surface area contributed by atoms with Crippen LogP contribution in [0.3, 0.4) is 0 Å². The van der Waals surface area contributed by atoms with E-state index in [1.54, 1.807) is 0 Å². The van der Waals surface area contributed by atoms with Gasteiger partial charge in [-0.25, -0.2) is 0 Å². The van der Waals surface area contributed by atoms with Gasteiger partial charge in [-0.3, -0.25) is 0 Å². The second-order valence-electron chi connectivity index (χ2n) is 4.71. The van der Waals surface area contributed by atoms with Gasteiger partial charge in [-0.2, -0.15) is 0 Å². The molecule has 1 heteroatoms. The van der Waals surface area contributed by atoms with E-state index in [2.05, 4.69) is 31.8 Å². The normalized spacial score (nSPS) is 12.6. The Morgan fingerprint density at radius 2 is 1.56 bits per heavy atom. The van der Waals surface area contributed by atoms with Crippen molar-refractivity contribution in [3.8, 4) is 0 Å². The predicted molar refractivity (Wildman–Crippen MR) is 74.9 cm³/mol.